The molecule has 0 fully saturated rings. The predicted octanol–water partition coefficient (Wildman–Crippen LogP) is 3.40. The van der Waals surface area contributed by atoms with E-state index in [0.29, 0.717) is 18.2 Å². The van der Waals surface area contributed by atoms with Crippen LogP contribution in [0.15, 0.2) is 46.2 Å². The third-order valence-corrected chi connectivity index (χ3v) is 3.57. The maximum Gasteiger partial charge on any atom is 0.257 e. The molecule has 0 atom stereocenters. The van der Waals surface area contributed by atoms with Gasteiger partial charge in [-0.2, -0.15) is 0 Å². The van der Waals surface area contributed by atoms with Crippen LogP contribution in [0.4, 0.5) is 0 Å². The van der Waals surface area contributed by atoms with E-state index in [2.05, 4.69) is 10.2 Å². The van der Waals surface area contributed by atoms with Crippen molar-refractivity contribution in [2.45, 2.75) is 6.42 Å². The molecule has 0 saturated heterocycles. The maximum atomic E-state index is 5.65. The highest BCUT2D eigenvalue weighted by atomic mass is 32.1. The van der Waals surface area contributed by atoms with Crippen LogP contribution in [-0.2, 0) is 6.42 Å². The molecular formula is C14H12N2O2S. The van der Waals surface area contributed by atoms with Gasteiger partial charge in [0.05, 0.1) is 18.4 Å². The number of aromatic nitrogens is 2. The van der Waals surface area contributed by atoms with Gasteiger partial charge in [-0.05, 0) is 29.1 Å². The Morgan fingerprint density at radius 1 is 1.16 bits per heavy atom. The topological polar surface area (TPSA) is 48.2 Å². The summed E-state index contributed by atoms with van der Waals surface area (Å²) in [4.78, 5) is 0.994. The molecule has 0 N–H and O–H groups in total. The molecule has 4 nitrogen and oxygen atoms in total. The highest BCUT2D eigenvalue weighted by molar-refractivity contribution is 7.13. The fraction of sp³-hybridized carbons (Fsp3) is 0.143. The first-order valence-electron chi connectivity index (χ1n) is 5.84. The van der Waals surface area contributed by atoms with Crippen molar-refractivity contribution in [2.24, 2.45) is 0 Å². The summed E-state index contributed by atoms with van der Waals surface area (Å²) >= 11 is 1.59. The number of hydrogen-bond acceptors (Lipinski definition) is 5. The van der Waals surface area contributed by atoms with Crippen LogP contribution < -0.4 is 4.74 Å². The summed E-state index contributed by atoms with van der Waals surface area (Å²) in [6.07, 6.45) is 0.627. The van der Waals surface area contributed by atoms with Gasteiger partial charge in [-0.25, -0.2) is 0 Å². The van der Waals surface area contributed by atoms with Gasteiger partial charge in [-0.1, -0.05) is 18.2 Å². The molecule has 2 aromatic heterocycles. The fourth-order valence-electron chi connectivity index (χ4n) is 1.74. The average molecular weight is 272 g/mol. The molecule has 5 heteroatoms. The smallest absolute Gasteiger partial charge is 0.257 e. The van der Waals surface area contributed by atoms with Gasteiger partial charge < -0.3 is 9.15 Å². The van der Waals surface area contributed by atoms with E-state index in [1.54, 1.807) is 18.4 Å². The molecule has 0 spiro atoms. The van der Waals surface area contributed by atoms with Gasteiger partial charge in [-0.3, -0.25) is 0 Å². The lowest BCUT2D eigenvalue weighted by molar-refractivity contribution is 0.414. The minimum Gasteiger partial charge on any atom is -0.497 e. The van der Waals surface area contributed by atoms with Crippen LogP contribution in [0.25, 0.3) is 10.8 Å². The van der Waals surface area contributed by atoms with Crippen molar-refractivity contribution >= 4 is 11.3 Å². The second-order valence-electron chi connectivity index (χ2n) is 4.00. The van der Waals surface area contributed by atoms with Crippen LogP contribution in [0, 0.1) is 0 Å². The molecule has 3 rings (SSSR count). The molecule has 0 radical (unpaired) electrons. The van der Waals surface area contributed by atoms with Crippen molar-refractivity contribution < 1.29 is 9.15 Å². The molecular weight excluding hydrogens is 260 g/mol. The molecule has 3 aromatic rings. The van der Waals surface area contributed by atoms with Crippen LogP contribution in [0.1, 0.15) is 11.5 Å². The number of hydrogen-bond donors (Lipinski definition) is 0. The molecule has 2 heterocycles. The van der Waals surface area contributed by atoms with Crippen LogP contribution in [0.2, 0.25) is 0 Å². The number of thiophene rings is 1. The summed E-state index contributed by atoms with van der Waals surface area (Å²) in [5.41, 5.74) is 1.11. The van der Waals surface area contributed by atoms with E-state index in [0.717, 1.165) is 16.2 Å². The zero-order valence-corrected chi connectivity index (χ0v) is 11.2. The Morgan fingerprint density at radius 3 is 2.68 bits per heavy atom. The minimum absolute atomic E-state index is 0.582. The average Bonchev–Trinajstić information content (AvgIpc) is 3.10. The number of methoxy groups -OCH3 is 1. The Hall–Kier alpha value is -2.14. The molecule has 1 aromatic carbocycles. The third kappa shape index (κ3) is 2.66. The van der Waals surface area contributed by atoms with Crippen molar-refractivity contribution in [1.82, 2.24) is 10.2 Å². The summed E-state index contributed by atoms with van der Waals surface area (Å²) in [6, 6.07) is 11.8. The third-order valence-electron chi connectivity index (χ3n) is 2.71. The molecule has 0 amide bonds. The monoisotopic (exact) mass is 272 g/mol. The zero-order valence-electron chi connectivity index (χ0n) is 10.4. The summed E-state index contributed by atoms with van der Waals surface area (Å²) in [5.74, 6) is 2.04. The van der Waals surface area contributed by atoms with Gasteiger partial charge in [0.1, 0.15) is 5.75 Å². The number of rotatable bonds is 4. The van der Waals surface area contributed by atoms with Crippen molar-refractivity contribution in [3.63, 3.8) is 0 Å². The van der Waals surface area contributed by atoms with Gasteiger partial charge >= 0.3 is 0 Å². The lowest BCUT2D eigenvalue weighted by atomic mass is 10.1. The van der Waals surface area contributed by atoms with Crippen molar-refractivity contribution in [1.29, 1.82) is 0 Å². The number of nitrogens with zero attached hydrogens (tertiary/aromatic N) is 2. The normalized spacial score (nSPS) is 10.6. The van der Waals surface area contributed by atoms with E-state index in [4.69, 9.17) is 9.15 Å². The fourth-order valence-corrected chi connectivity index (χ4v) is 2.39. The summed E-state index contributed by atoms with van der Waals surface area (Å²) < 4.78 is 10.8. The van der Waals surface area contributed by atoms with E-state index >= 15 is 0 Å². The highest BCUT2D eigenvalue weighted by Gasteiger charge is 2.09. The quantitative estimate of drug-likeness (QED) is 0.730. The van der Waals surface area contributed by atoms with Gasteiger partial charge in [-0.15, -0.1) is 21.5 Å². The molecule has 0 bridgehead atoms. The van der Waals surface area contributed by atoms with E-state index in [1.165, 1.54) is 0 Å². The first-order chi connectivity index (χ1) is 9.35. The van der Waals surface area contributed by atoms with E-state index in [-0.39, 0.29) is 0 Å². The van der Waals surface area contributed by atoms with E-state index < -0.39 is 0 Å². The lowest BCUT2D eigenvalue weighted by Crippen LogP contribution is -1.89. The van der Waals surface area contributed by atoms with Crippen molar-refractivity contribution in [3.8, 4) is 16.5 Å². The van der Waals surface area contributed by atoms with Crippen LogP contribution >= 0.6 is 11.3 Å². The van der Waals surface area contributed by atoms with Gasteiger partial charge in [0.15, 0.2) is 0 Å². The summed E-state index contributed by atoms with van der Waals surface area (Å²) in [7, 11) is 1.65. The Balaban J connectivity index is 1.76. The zero-order chi connectivity index (χ0) is 13.1. The Kier molecular flexibility index (Phi) is 3.29. The lowest BCUT2D eigenvalue weighted by Gasteiger charge is -2.00. The van der Waals surface area contributed by atoms with E-state index in [1.807, 2.05) is 41.8 Å². The molecule has 0 aliphatic heterocycles. The molecule has 0 aliphatic carbocycles. The van der Waals surface area contributed by atoms with Gasteiger partial charge in [0.2, 0.25) is 5.89 Å². The van der Waals surface area contributed by atoms with Crippen LogP contribution in [0.5, 0.6) is 5.75 Å². The molecule has 96 valence electrons. The van der Waals surface area contributed by atoms with Crippen molar-refractivity contribution in [2.75, 3.05) is 7.11 Å². The Labute approximate surface area is 114 Å². The number of ether oxygens (including phenoxy) is 1. The standard InChI is InChI=1S/C14H12N2O2S/c1-17-11-6-4-10(5-7-11)9-13-15-16-14(18-13)12-3-2-8-19-12/h2-8H,9H2,1H3. The van der Waals surface area contributed by atoms with Crippen LogP contribution in [-0.4, -0.2) is 17.3 Å². The van der Waals surface area contributed by atoms with Crippen LogP contribution in [0.3, 0.4) is 0 Å². The van der Waals surface area contributed by atoms with Gasteiger partial charge in [0, 0.05) is 0 Å². The van der Waals surface area contributed by atoms with E-state index in [9.17, 15) is 0 Å². The first-order valence-corrected chi connectivity index (χ1v) is 6.72. The largest absolute Gasteiger partial charge is 0.497 e. The minimum atomic E-state index is 0.582. The first kappa shape index (κ1) is 11.9. The predicted molar refractivity (Wildman–Crippen MR) is 73.4 cm³/mol. The van der Waals surface area contributed by atoms with Gasteiger partial charge in [0.25, 0.3) is 5.89 Å². The summed E-state index contributed by atoms with van der Waals surface area (Å²) in [6.45, 7) is 0. The second kappa shape index (κ2) is 5.24. The SMILES string of the molecule is COc1ccc(Cc2nnc(-c3cccs3)o2)cc1. The molecule has 0 unspecified atom stereocenters. The molecule has 0 aliphatic rings. The summed E-state index contributed by atoms with van der Waals surface area (Å²) in [5, 5.41) is 10.1. The Morgan fingerprint density at radius 2 is 2.00 bits per heavy atom. The molecule has 19 heavy (non-hydrogen) atoms. The second-order valence-corrected chi connectivity index (χ2v) is 4.95. The Bertz CT molecular complexity index is 644. The maximum absolute atomic E-state index is 5.65. The van der Waals surface area contributed by atoms with Crippen molar-refractivity contribution in [3.05, 3.63) is 53.2 Å². The molecule has 0 saturated carbocycles. The highest BCUT2D eigenvalue weighted by Crippen LogP contribution is 2.23. The number of benzene rings is 1.